The lowest BCUT2D eigenvalue weighted by Crippen LogP contribution is -2.23. The van der Waals surface area contributed by atoms with Crippen LogP contribution in [0, 0.1) is 5.92 Å². The van der Waals surface area contributed by atoms with Crippen LogP contribution in [-0.4, -0.2) is 15.5 Å². The summed E-state index contributed by atoms with van der Waals surface area (Å²) in [5, 5.41) is 2.78. The fourth-order valence-electron chi connectivity index (χ4n) is 2.07. The largest absolute Gasteiger partial charge is 0.345 e. The fraction of sp³-hybridized carbons (Fsp3) is 0.333. The summed E-state index contributed by atoms with van der Waals surface area (Å²) in [6.45, 7) is 9.09. The number of hydrogen-bond acceptors (Lipinski definition) is 2. The van der Waals surface area contributed by atoms with E-state index >= 15 is 0 Å². The SMILES string of the molecule is C=CC(=O)NCc1nc2ccccc2n1CC(C)C. The first-order valence-corrected chi connectivity index (χ1v) is 6.46. The summed E-state index contributed by atoms with van der Waals surface area (Å²) in [7, 11) is 0. The Bertz CT molecular complexity index is 598. The van der Waals surface area contributed by atoms with Crippen molar-refractivity contribution in [2.24, 2.45) is 5.92 Å². The van der Waals surface area contributed by atoms with Gasteiger partial charge in [0, 0.05) is 6.54 Å². The van der Waals surface area contributed by atoms with Crippen molar-refractivity contribution in [2.75, 3.05) is 0 Å². The lowest BCUT2D eigenvalue weighted by Gasteiger charge is -2.11. The highest BCUT2D eigenvalue weighted by Crippen LogP contribution is 2.17. The van der Waals surface area contributed by atoms with Gasteiger partial charge in [-0.05, 0) is 24.1 Å². The minimum absolute atomic E-state index is 0.178. The average Bonchev–Trinajstić information content (AvgIpc) is 2.74. The molecule has 2 aromatic rings. The second kappa shape index (κ2) is 5.69. The summed E-state index contributed by atoms with van der Waals surface area (Å²) in [6, 6.07) is 8.03. The number of carbonyl (C=O) groups excluding carboxylic acids is 1. The smallest absolute Gasteiger partial charge is 0.243 e. The maximum atomic E-state index is 11.3. The third-order valence-corrected chi connectivity index (χ3v) is 2.89. The second-order valence-electron chi connectivity index (χ2n) is 4.94. The molecule has 1 heterocycles. The van der Waals surface area contributed by atoms with E-state index in [0.717, 1.165) is 23.4 Å². The van der Waals surface area contributed by atoms with Crippen LogP contribution < -0.4 is 5.32 Å². The number of amides is 1. The van der Waals surface area contributed by atoms with Crippen LogP contribution in [0.25, 0.3) is 11.0 Å². The van der Waals surface area contributed by atoms with E-state index in [1.54, 1.807) is 0 Å². The van der Waals surface area contributed by atoms with E-state index in [1.165, 1.54) is 6.08 Å². The number of rotatable bonds is 5. The van der Waals surface area contributed by atoms with E-state index in [1.807, 2.05) is 18.2 Å². The van der Waals surface area contributed by atoms with Crippen LogP contribution >= 0.6 is 0 Å². The Labute approximate surface area is 113 Å². The molecule has 0 fully saturated rings. The third kappa shape index (κ3) is 3.02. The Morgan fingerprint density at radius 2 is 2.21 bits per heavy atom. The average molecular weight is 257 g/mol. The van der Waals surface area contributed by atoms with E-state index in [4.69, 9.17) is 0 Å². The molecule has 0 aliphatic carbocycles. The van der Waals surface area contributed by atoms with Crippen molar-refractivity contribution < 1.29 is 4.79 Å². The predicted molar refractivity (Wildman–Crippen MR) is 76.6 cm³/mol. The number of aromatic nitrogens is 2. The van der Waals surface area contributed by atoms with Gasteiger partial charge in [0.15, 0.2) is 0 Å². The van der Waals surface area contributed by atoms with Crippen LogP contribution in [0.2, 0.25) is 0 Å². The molecule has 0 radical (unpaired) electrons. The van der Waals surface area contributed by atoms with Crippen molar-refractivity contribution in [3.8, 4) is 0 Å². The molecule has 0 spiro atoms. The normalized spacial score (nSPS) is 10.9. The minimum Gasteiger partial charge on any atom is -0.345 e. The topological polar surface area (TPSA) is 46.9 Å². The van der Waals surface area contributed by atoms with Crippen molar-refractivity contribution in [1.82, 2.24) is 14.9 Å². The zero-order valence-corrected chi connectivity index (χ0v) is 11.4. The van der Waals surface area contributed by atoms with Gasteiger partial charge in [-0.2, -0.15) is 0 Å². The minimum atomic E-state index is -0.178. The zero-order chi connectivity index (χ0) is 13.8. The molecule has 100 valence electrons. The molecule has 0 unspecified atom stereocenters. The molecular formula is C15H19N3O. The number of benzene rings is 1. The Balaban J connectivity index is 2.35. The number of hydrogen-bond donors (Lipinski definition) is 1. The monoisotopic (exact) mass is 257 g/mol. The van der Waals surface area contributed by atoms with Gasteiger partial charge in [0.25, 0.3) is 0 Å². The molecule has 0 aliphatic heterocycles. The van der Waals surface area contributed by atoms with Gasteiger partial charge >= 0.3 is 0 Å². The van der Waals surface area contributed by atoms with Crippen molar-refractivity contribution in [1.29, 1.82) is 0 Å². The first-order chi connectivity index (χ1) is 9.11. The van der Waals surface area contributed by atoms with E-state index in [2.05, 4.69) is 41.4 Å². The van der Waals surface area contributed by atoms with Gasteiger partial charge in [0.05, 0.1) is 17.6 Å². The molecule has 1 amide bonds. The summed E-state index contributed by atoms with van der Waals surface area (Å²) in [6.07, 6.45) is 1.27. The quantitative estimate of drug-likeness (QED) is 0.836. The highest BCUT2D eigenvalue weighted by molar-refractivity contribution is 5.86. The molecule has 0 atom stereocenters. The van der Waals surface area contributed by atoms with Crippen LogP contribution in [0.5, 0.6) is 0 Å². The maximum Gasteiger partial charge on any atom is 0.243 e. The molecule has 2 rings (SSSR count). The van der Waals surface area contributed by atoms with Crippen LogP contribution in [0.3, 0.4) is 0 Å². The van der Waals surface area contributed by atoms with E-state index in [-0.39, 0.29) is 5.91 Å². The number of para-hydroxylation sites is 2. The molecule has 0 saturated carbocycles. The van der Waals surface area contributed by atoms with Crippen LogP contribution in [0.4, 0.5) is 0 Å². The van der Waals surface area contributed by atoms with E-state index < -0.39 is 0 Å². The number of nitrogens with zero attached hydrogens (tertiary/aromatic N) is 2. The van der Waals surface area contributed by atoms with Crippen LogP contribution in [-0.2, 0) is 17.9 Å². The Hall–Kier alpha value is -2.10. The van der Waals surface area contributed by atoms with Gasteiger partial charge in [-0.3, -0.25) is 4.79 Å². The molecule has 1 aromatic carbocycles. The van der Waals surface area contributed by atoms with Gasteiger partial charge < -0.3 is 9.88 Å². The van der Waals surface area contributed by atoms with Gasteiger partial charge in [-0.25, -0.2) is 4.98 Å². The number of nitrogens with one attached hydrogen (secondary N) is 1. The standard InChI is InChI=1S/C15H19N3O/c1-4-15(19)16-9-14-17-12-7-5-6-8-13(12)18(14)10-11(2)3/h4-8,11H,1,9-10H2,2-3H3,(H,16,19). The predicted octanol–water partition coefficient (Wildman–Crippen LogP) is 2.49. The summed E-state index contributed by atoms with van der Waals surface area (Å²) >= 11 is 0. The molecule has 4 nitrogen and oxygen atoms in total. The van der Waals surface area contributed by atoms with Crippen molar-refractivity contribution in [3.63, 3.8) is 0 Å². The zero-order valence-electron chi connectivity index (χ0n) is 11.4. The molecule has 4 heteroatoms. The molecule has 19 heavy (non-hydrogen) atoms. The Kier molecular flexibility index (Phi) is 4.00. The number of carbonyl (C=O) groups is 1. The van der Waals surface area contributed by atoms with Gasteiger partial charge in [-0.1, -0.05) is 32.6 Å². The second-order valence-corrected chi connectivity index (χ2v) is 4.94. The van der Waals surface area contributed by atoms with Gasteiger partial charge in [0.1, 0.15) is 5.82 Å². The lowest BCUT2D eigenvalue weighted by molar-refractivity contribution is -0.116. The summed E-state index contributed by atoms with van der Waals surface area (Å²) in [5.74, 6) is 1.22. The Morgan fingerprint density at radius 1 is 1.47 bits per heavy atom. The maximum absolute atomic E-state index is 11.3. The summed E-state index contributed by atoms with van der Waals surface area (Å²) in [5.41, 5.74) is 2.07. The molecule has 0 aliphatic rings. The first-order valence-electron chi connectivity index (χ1n) is 6.46. The third-order valence-electron chi connectivity index (χ3n) is 2.89. The van der Waals surface area contributed by atoms with Crippen LogP contribution in [0.15, 0.2) is 36.9 Å². The molecule has 1 aromatic heterocycles. The summed E-state index contributed by atoms with van der Waals surface area (Å²) in [4.78, 5) is 15.9. The van der Waals surface area contributed by atoms with Gasteiger partial charge in [0.2, 0.25) is 5.91 Å². The van der Waals surface area contributed by atoms with E-state index in [0.29, 0.717) is 12.5 Å². The van der Waals surface area contributed by atoms with Crippen molar-refractivity contribution in [3.05, 3.63) is 42.7 Å². The van der Waals surface area contributed by atoms with Crippen molar-refractivity contribution in [2.45, 2.75) is 26.9 Å². The highest BCUT2D eigenvalue weighted by Gasteiger charge is 2.11. The fourth-order valence-corrected chi connectivity index (χ4v) is 2.07. The first kappa shape index (κ1) is 13.3. The Morgan fingerprint density at radius 3 is 2.89 bits per heavy atom. The molecule has 0 bridgehead atoms. The summed E-state index contributed by atoms with van der Waals surface area (Å²) < 4.78 is 2.17. The number of imidazole rings is 1. The lowest BCUT2D eigenvalue weighted by atomic mass is 10.2. The molecule has 0 saturated heterocycles. The van der Waals surface area contributed by atoms with Gasteiger partial charge in [-0.15, -0.1) is 0 Å². The van der Waals surface area contributed by atoms with Crippen LogP contribution in [0.1, 0.15) is 19.7 Å². The van der Waals surface area contributed by atoms with Crippen molar-refractivity contribution >= 4 is 16.9 Å². The molecular weight excluding hydrogens is 238 g/mol. The highest BCUT2D eigenvalue weighted by atomic mass is 16.1. The number of fused-ring (bicyclic) bond motifs is 1. The molecule has 1 N–H and O–H groups in total. The van der Waals surface area contributed by atoms with E-state index in [9.17, 15) is 4.79 Å².